The van der Waals surface area contributed by atoms with Crippen LogP contribution in [0.15, 0.2) is 70.4 Å². The third-order valence-corrected chi connectivity index (χ3v) is 4.74. The lowest BCUT2D eigenvalue weighted by Crippen LogP contribution is -2.38. The van der Waals surface area contributed by atoms with Crippen molar-refractivity contribution in [2.75, 3.05) is 5.32 Å². The maximum Gasteiger partial charge on any atom is 0.337 e. The standard InChI is InChI=1S/C22H17FN4O3/c1-13-8-9-18(17(23)10-13)25-20(28)14-11-16-19(24-12-14)27(15-6-4-3-5-7-15)22(30)26(2)21(16)29/h3-12H,1-2H3,(H,25,28). The predicted octanol–water partition coefficient (Wildman–Crippen LogP) is 2.78. The number of aromatic nitrogens is 3. The van der Waals surface area contributed by atoms with Gasteiger partial charge in [0, 0.05) is 13.2 Å². The average molecular weight is 404 g/mol. The summed E-state index contributed by atoms with van der Waals surface area (Å²) in [5, 5.41) is 2.57. The minimum absolute atomic E-state index is 0.0212. The molecule has 2 aromatic heterocycles. The molecular weight excluding hydrogens is 387 g/mol. The zero-order valence-corrected chi connectivity index (χ0v) is 16.2. The van der Waals surface area contributed by atoms with Crippen molar-refractivity contribution < 1.29 is 9.18 Å². The summed E-state index contributed by atoms with van der Waals surface area (Å²) in [6.07, 6.45) is 1.25. The van der Waals surface area contributed by atoms with Crippen molar-refractivity contribution in [1.82, 2.24) is 14.1 Å². The smallest absolute Gasteiger partial charge is 0.319 e. The van der Waals surface area contributed by atoms with Crippen LogP contribution in [-0.2, 0) is 7.05 Å². The van der Waals surface area contributed by atoms with Crippen LogP contribution in [0.4, 0.5) is 10.1 Å². The molecule has 2 heterocycles. The third-order valence-electron chi connectivity index (χ3n) is 4.74. The summed E-state index contributed by atoms with van der Waals surface area (Å²) in [5.74, 6) is -1.18. The molecule has 150 valence electrons. The zero-order valence-electron chi connectivity index (χ0n) is 16.2. The lowest BCUT2D eigenvalue weighted by Gasteiger charge is -2.12. The molecule has 4 rings (SSSR count). The largest absolute Gasteiger partial charge is 0.337 e. The van der Waals surface area contributed by atoms with Crippen LogP contribution in [0.5, 0.6) is 0 Å². The van der Waals surface area contributed by atoms with Crippen molar-refractivity contribution in [3.63, 3.8) is 0 Å². The van der Waals surface area contributed by atoms with Crippen LogP contribution < -0.4 is 16.6 Å². The van der Waals surface area contributed by atoms with E-state index >= 15 is 0 Å². The fraction of sp³-hybridized carbons (Fsp3) is 0.0909. The normalized spacial score (nSPS) is 10.9. The van der Waals surface area contributed by atoms with Crippen LogP contribution in [0.25, 0.3) is 16.7 Å². The number of halogens is 1. The van der Waals surface area contributed by atoms with E-state index in [1.807, 2.05) is 0 Å². The van der Waals surface area contributed by atoms with E-state index in [0.717, 1.165) is 10.1 Å². The van der Waals surface area contributed by atoms with E-state index in [9.17, 15) is 18.8 Å². The highest BCUT2D eigenvalue weighted by Crippen LogP contribution is 2.18. The second-order valence-corrected chi connectivity index (χ2v) is 6.85. The number of pyridine rings is 1. The second-order valence-electron chi connectivity index (χ2n) is 6.85. The van der Waals surface area contributed by atoms with Gasteiger partial charge in [-0.1, -0.05) is 24.3 Å². The Hall–Kier alpha value is -4.07. The first kappa shape index (κ1) is 19.3. The Balaban J connectivity index is 1.84. The van der Waals surface area contributed by atoms with Crippen LogP contribution in [0, 0.1) is 12.7 Å². The molecule has 0 saturated heterocycles. The number of amides is 1. The summed E-state index contributed by atoms with van der Waals surface area (Å²) in [6.45, 7) is 1.74. The van der Waals surface area contributed by atoms with Gasteiger partial charge in [0.05, 0.1) is 22.3 Å². The van der Waals surface area contributed by atoms with E-state index in [4.69, 9.17) is 0 Å². The lowest BCUT2D eigenvalue weighted by molar-refractivity contribution is 0.102. The molecule has 30 heavy (non-hydrogen) atoms. The summed E-state index contributed by atoms with van der Waals surface area (Å²) in [4.78, 5) is 42.2. The van der Waals surface area contributed by atoms with Crippen LogP contribution in [-0.4, -0.2) is 20.0 Å². The van der Waals surface area contributed by atoms with Gasteiger partial charge in [0.1, 0.15) is 5.82 Å². The van der Waals surface area contributed by atoms with Crippen molar-refractivity contribution >= 4 is 22.6 Å². The molecule has 0 saturated carbocycles. The van der Waals surface area contributed by atoms with Gasteiger partial charge < -0.3 is 5.32 Å². The molecule has 0 spiro atoms. The molecule has 0 unspecified atom stereocenters. The molecule has 0 atom stereocenters. The Labute approximate surface area is 170 Å². The quantitative estimate of drug-likeness (QED) is 0.569. The summed E-state index contributed by atoms with van der Waals surface area (Å²) < 4.78 is 16.3. The van der Waals surface area contributed by atoms with Gasteiger partial charge in [-0.25, -0.2) is 18.7 Å². The Morgan fingerprint density at radius 3 is 2.50 bits per heavy atom. The predicted molar refractivity (Wildman–Crippen MR) is 112 cm³/mol. The summed E-state index contributed by atoms with van der Waals surface area (Å²) >= 11 is 0. The number of carbonyl (C=O) groups is 1. The van der Waals surface area contributed by atoms with E-state index in [-0.39, 0.29) is 22.3 Å². The molecule has 0 aliphatic carbocycles. The third kappa shape index (κ3) is 3.28. The molecule has 7 nitrogen and oxygen atoms in total. The van der Waals surface area contributed by atoms with Gasteiger partial charge >= 0.3 is 5.69 Å². The highest BCUT2D eigenvalue weighted by Gasteiger charge is 2.17. The SMILES string of the molecule is Cc1ccc(NC(=O)c2cnc3c(c2)c(=O)n(C)c(=O)n3-c2ccccc2)c(F)c1. The first-order valence-electron chi connectivity index (χ1n) is 9.11. The van der Waals surface area contributed by atoms with Crippen molar-refractivity contribution in [2.45, 2.75) is 6.92 Å². The number of para-hydroxylation sites is 1. The number of hydrogen-bond acceptors (Lipinski definition) is 4. The average Bonchev–Trinajstić information content (AvgIpc) is 2.75. The molecule has 0 bridgehead atoms. The van der Waals surface area contributed by atoms with Gasteiger partial charge in [0.2, 0.25) is 0 Å². The highest BCUT2D eigenvalue weighted by molar-refractivity contribution is 6.05. The van der Waals surface area contributed by atoms with Crippen molar-refractivity contribution in [2.24, 2.45) is 7.05 Å². The fourth-order valence-electron chi connectivity index (χ4n) is 3.15. The first-order chi connectivity index (χ1) is 14.4. The maximum absolute atomic E-state index is 14.1. The summed E-state index contributed by atoms with van der Waals surface area (Å²) in [6, 6.07) is 14.6. The Morgan fingerprint density at radius 2 is 1.80 bits per heavy atom. The highest BCUT2D eigenvalue weighted by atomic mass is 19.1. The minimum atomic E-state index is -0.619. The van der Waals surface area contributed by atoms with Gasteiger partial charge in [-0.15, -0.1) is 0 Å². The Kier molecular flexibility index (Phi) is 4.75. The molecule has 8 heteroatoms. The van der Waals surface area contributed by atoms with Crippen LogP contribution in [0.2, 0.25) is 0 Å². The number of aryl methyl sites for hydroxylation is 1. The Bertz CT molecular complexity index is 1410. The van der Waals surface area contributed by atoms with E-state index in [0.29, 0.717) is 5.69 Å². The Morgan fingerprint density at radius 1 is 1.07 bits per heavy atom. The number of anilines is 1. The number of hydrogen-bond donors (Lipinski definition) is 1. The van der Waals surface area contributed by atoms with Gasteiger partial charge in [0.25, 0.3) is 11.5 Å². The van der Waals surface area contributed by atoms with Crippen molar-refractivity contribution in [3.05, 3.63) is 98.6 Å². The number of nitrogens with zero attached hydrogens (tertiary/aromatic N) is 3. The molecule has 0 aliphatic rings. The van der Waals surface area contributed by atoms with E-state index in [1.165, 1.54) is 36.0 Å². The van der Waals surface area contributed by atoms with Gasteiger partial charge in [0.15, 0.2) is 5.65 Å². The summed E-state index contributed by atoms with van der Waals surface area (Å²) in [7, 11) is 1.36. The van der Waals surface area contributed by atoms with Gasteiger partial charge in [-0.05, 0) is 42.8 Å². The molecule has 1 amide bonds. The number of rotatable bonds is 3. The molecule has 1 N–H and O–H groups in total. The van der Waals surface area contributed by atoms with Gasteiger partial charge in [-0.2, -0.15) is 0 Å². The van der Waals surface area contributed by atoms with E-state index < -0.39 is 23.0 Å². The second kappa shape index (κ2) is 7.40. The number of nitrogens with one attached hydrogen (secondary N) is 1. The number of benzene rings is 2. The molecule has 4 aromatic rings. The number of carbonyl (C=O) groups excluding carboxylic acids is 1. The van der Waals surface area contributed by atoms with Crippen LogP contribution >= 0.6 is 0 Å². The monoisotopic (exact) mass is 404 g/mol. The fourth-order valence-corrected chi connectivity index (χ4v) is 3.15. The maximum atomic E-state index is 14.1. The molecule has 0 radical (unpaired) electrons. The lowest BCUT2D eigenvalue weighted by atomic mass is 10.2. The van der Waals surface area contributed by atoms with Crippen LogP contribution in [0.1, 0.15) is 15.9 Å². The molecular formula is C22H17FN4O3. The van der Waals surface area contributed by atoms with Crippen LogP contribution in [0.3, 0.4) is 0 Å². The van der Waals surface area contributed by atoms with E-state index in [1.54, 1.807) is 43.3 Å². The summed E-state index contributed by atoms with van der Waals surface area (Å²) in [5.41, 5.74) is 0.351. The topological polar surface area (TPSA) is 86.0 Å². The first-order valence-corrected chi connectivity index (χ1v) is 9.11. The molecule has 2 aromatic carbocycles. The zero-order chi connectivity index (χ0) is 21.4. The molecule has 0 fully saturated rings. The van der Waals surface area contributed by atoms with Crippen molar-refractivity contribution in [1.29, 1.82) is 0 Å². The number of fused-ring (bicyclic) bond motifs is 1. The minimum Gasteiger partial charge on any atom is -0.319 e. The van der Waals surface area contributed by atoms with Gasteiger partial charge in [-0.3, -0.25) is 14.2 Å². The van der Waals surface area contributed by atoms with Crippen molar-refractivity contribution in [3.8, 4) is 5.69 Å². The van der Waals surface area contributed by atoms with E-state index in [2.05, 4.69) is 10.3 Å². The molecule has 0 aliphatic heterocycles.